The van der Waals surface area contributed by atoms with Gasteiger partial charge >= 0.3 is 6.18 Å². The number of rotatable bonds is 3. The Kier molecular flexibility index (Phi) is 4.48. The number of piperidine rings is 1. The molecule has 0 spiro atoms. The van der Waals surface area contributed by atoms with Crippen LogP contribution >= 0.6 is 11.6 Å². The van der Waals surface area contributed by atoms with E-state index >= 15 is 0 Å². The Hall–Kier alpha value is -0.0100. The highest BCUT2D eigenvalue weighted by atomic mass is 35.5. The molecule has 0 amide bonds. The summed E-state index contributed by atoms with van der Waals surface area (Å²) >= 11 is 5.32. The molecule has 0 N–H and O–H groups in total. The van der Waals surface area contributed by atoms with Crippen LogP contribution in [0.25, 0.3) is 0 Å². The maximum atomic E-state index is 12.3. The summed E-state index contributed by atoms with van der Waals surface area (Å²) in [5.41, 5.74) is 0. The molecule has 1 aliphatic heterocycles. The third-order valence-electron chi connectivity index (χ3n) is 2.65. The van der Waals surface area contributed by atoms with Gasteiger partial charge in [-0.1, -0.05) is 0 Å². The van der Waals surface area contributed by atoms with Gasteiger partial charge in [-0.05, 0) is 12.8 Å². The summed E-state index contributed by atoms with van der Waals surface area (Å²) in [6.45, 7) is -0.132. The van der Waals surface area contributed by atoms with Crippen LogP contribution < -0.4 is 0 Å². The molecule has 0 saturated carbocycles. The molecule has 1 fully saturated rings. The SMILES string of the molecule is O=S(=O)(CCCl)N1CCC(C(F)(F)F)CC1. The van der Waals surface area contributed by atoms with Crippen LogP contribution in [0.4, 0.5) is 13.2 Å². The molecule has 3 nitrogen and oxygen atoms in total. The van der Waals surface area contributed by atoms with Gasteiger partial charge in [0.2, 0.25) is 10.0 Å². The molecule has 1 heterocycles. The molecule has 0 radical (unpaired) electrons. The first kappa shape index (κ1) is 14.1. The molecule has 1 saturated heterocycles. The van der Waals surface area contributed by atoms with Crippen molar-refractivity contribution in [3.8, 4) is 0 Å². The van der Waals surface area contributed by atoms with Crippen LogP contribution in [0.2, 0.25) is 0 Å². The molecule has 0 aromatic heterocycles. The normalized spacial score (nSPS) is 21.2. The Balaban J connectivity index is 2.56. The largest absolute Gasteiger partial charge is 0.391 e. The topological polar surface area (TPSA) is 37.4 Å². The minimum absolute atomic E-state index is 0.0401. The van der Waals surface area contributed by atoms with Crippen molar-refractivity contribution in [1.82, 2.24) is 4.31 Å². The number of alkyl halides is 4. The summed E-state index contributed by atoms with van der Waals surface area (Å²) in [6, 6.07) is 0. The van der Waals surface area contributed by atoms with Crippen LogP contribution in [-0.2, 0) is 10.0 Å². The fourth-order valence-corrected chi connectivity index (χ4v) is 3.49. The van der Waals surface area contributed by atoms with Crippen molar-refractivity contribution in [2.24, 2.45) is 5.92 Å². The average Bonchev–Trinajstić information content (AvgIpc) is 2.16. The van der Waals surface area contributed by atoms with E-state index in [2.05, 4.69) is 0 Å². The summed E-state index contributed by atoms with van der Waals surface area (Å²) in [5, 5.41) is 0. The fraction of sp³-hybridized carbons (Fsp3) is 1.00. The van der Waals surface area contributed by atoms with Crippen LogP contribution in [0, 0.1) is 5.92 Å². The average molecular weight is 280 g/mol. The van der Waals surface area contributed by atoms with Crippen LogP contribution in [0.5, 0.6) is 0 Å². The Morgan fingerprint density at radius 2 is 1.75 bits per heavy atom. The maximum absolute atomic E-state index is 12.3. The summed E-state index contributed by atoms with van der Waals surface area (Å²) < 4.78 is 61.1. The third kappa shape index (κ3) is 3.49. The minimum atomic E-state index is -4.22. The Morgan fingerprint density at radius 1 is 1.25 bits per heavy atom. The smallest absolute Gasteiger partial charge is 0.212 e. The second kappa shape index (κ2) is 5.10. The summed E-state index contributed by atoms with van der Waals surface area (Å²) in [4.78, 5) is 0. The molecule has 0 bridgehead atoms. The number of halogens is 4. The highest BCUT2D eigenvalue weighted by Crippen LogP contribution is 2.34. The van der Waals surface area contributed by atoms with Crippen molar-refractivity contribution < 1.29 is 21.6 Å². The molecular weight excluding hydrogens is 267 g/mol. The predicted octanol–water partition coefficient (Wildman–Crippen LogP) is 1.83. The molecule has 96 valence electrons. The summed E-state index contributed by atoms with van der Waals surface area (Å²) in [5.74, 6) is -1.64. The zero-order valence-corrected chi connectivity index (χ0v) is 10.1. The first-order valence-electron chi connectivity index (χ1n) is 4.88. The monoisotopic (exact) mass is 279 g/mol. The maximum Gasteiger partial charge on any atom is 0.391 e. The van der Waals surface area contributed by atoms with Gasteiger partial charge in [0.05, 0.1) is 11.7 Å². The molecule has 0 aromatic rings. The number of nitrogens with zero attached hydrogens (tertiary/aromatic N) is 1. The van der Waals surface area contributed by atoms with Gasteiger partial charge in [0.1, 0.15) is 0 Å². The van der Waals surface area contributed by atoms with Crippen LogP contribution in [-0.4, -0.2) is 43.6 Å². The number of sulfonamides is 1. The van der Waals surface area contributed by atoms with E-state index in [0.717, 1.165) is 4.31 Å². The van der Waals surface area contributed by atoms with Gasteiger partial charge in [0.15, 0.2) is 0 Å². The summed E-state index contributed by atoms with van der Waals surface area (Å²) in [7, 11) is -3.47. The van der Waals surface area contributed by atoms with E-state index in [1.807, 2.05) is 0 Å². The Morgan fingerprint density at radius 3 is 2.12 bits per heavy atom. The zero-order chi connectivity index (χ0) is 12.4. The van der Waals surface area contributed by atoms with E-state index in [9.17, 15) is 21.6 Å². The lowest BCUT2D eigenvalue weighted by Crippen LogP contribution is -2.43. The van der Waals surface area contributed by atoms with Gasteiger partial charge in [-0.2, -0.15) is 13.2 Å². The lowest BCUT2D eigenvalue weighted by atomic mass is 9.98. The molecule has 0 aromatic carbocycles. The van der Waals surface area contributed by atoms with Crippen LogP contribution in [0.15, 0.2) is 0 Å². The van der Waals surface area contributed by atoms with Crippen molar-refractivity contribution in [2.75, 3.05) is 24.7 Å². The zero-order valence-electron chi connectivity index (χ0n) is 8.50. The molecule has 1 aliphatic rings. The van der Waals surface area contributed by atoms with Gasteiger partial charge in [-0.15, -0.1) is 11.6 Å². The standard InChI is InChI=1S/C8H13ClF3NO2S/c9-3-6-16(14,15)13-4-1-7(2-5-13)8(10,11)12/h7H,1-6H2. The van der Waals surface area contributed by atoms with Crippen molar-refractivity contribution in [3.05, 3.63) is 0 Å². The van der Waals surface area contributed by atoms with Crippen LogP contribution in [0.1, 0.15) is 12.8 Å². The second-order valence-corrected chi connectivity index (χ2v) is 6.19. The van der Waals surface area contributed by atoms with Gasteiger partial charge in [-0.25, -0.2) is 12.7 Å². The second-order valence-electron chi connectivity index (χ2n) is 3.72. The quantitative estimate of drug-likeness (QED) is 0.739. The number of hydrogen-bond acceptors (Lipinski definition) is 2. The third-order valence-corrected chi connectivity index (χ3v) is 4.93. The van der Waals surface area contributed by atoms with Crippen molar-refractivity contribution in [3.63, 3.8) is 0 Å². The van der Waals surface area contributed by atoms with E-state index in [1.165, 1.54) is 0 Å². The van der Waals surface area contributed by atoms with E-state index in [4.69, 9.17) is 11.6 Å². The van der Waals surface area contributed by atoms with Crippen LogP contribution in [0.3, 0.4) is 0 Å². The first-order valence-corrected chi connectivity index (χ1v) is 7.02. The summed E-state index contributed by atoms with van der Waals surface area (Å²) in [6.07, 6.45) is -4.54. The molecule has 0 unspecified atom stereocenters. The van der Waals surface area contributed by atoms with Crippen molar-refractivity contribution in [1.29, 1.82) is 0 Å². The minimum Gasteiger partial charge on any atom is -0.212 e. The molecule has 8 heteroatoms. The molecule has 16 heavy (non-hydrogen) atoms. The first-order chi connectivity index (χ1) is 7.27. The Labute approximate surface area is 97.6 Å². The highest BCUT2D eigenvalue weighted by molar-refractivity contribution is 7.89. The molecule has 0 atom stereocenters. The van der Waals surface area contributed by atoms with Gasteiger partial charge in [-0.3, -0.25) is 0 Å². The van der Waals surface area contributed by atoms with E-state index in [0.29, 0.717) is 0 Å². The molecule has 1 rings (SSSR count). The highest BCUT2D eigenvalue weighted by Gasteiger charge is 2.42. The van der Waals surface area contributed by atoms with Crippen molar-refractivity contribution in [2.45, 2.75) is 19.0 Å². The lowest BCUT2D eigenvalue weighted by Gasteiger charge is -2.31. The Bertz CT molecular complexity index is 323. The van der Waals surface area contributed by atoms with E-state index in [1.54, 1.807) is 0 Å². The van der Waals surface area contributed by atoms with Gasteiger partial charge in [0, 0.05) is 19.0 Å². The molecular formula is C8H13ClF3NO2S. The predicted molar refractivity (Wildman–Crippen MR) is 54.9 cm³/mol. The fourth-order valence-electron chi connectivity index (χ4n) is 1.69. The van der Waals surface area contributed by atoms with Gasteiger partial charge in [0.25, 0.3) is 0 Å². The number of hydrogen-bond donors (Lipinski definition) is 0. The lowest BCUT2D eigenvalue weighted by molar-refractivity contribution is -0.182. The van der Waals surface area contributed by atoms with Gasteiger partial charge < -0.3 is 0 Å². The van der Waals surface area contributed by atoms with E-state index < -0.39 is 22.1 Å². The van der Waals surface area contributed by atoms with E-state index in [-0.39, 0.29) is 37.6 Å². The molecule has 0 aliphatic carbocycles. The van der Waals surface area contributed by atoms with Crippen molar-refractivity contribution >= 4 is 21.6 Å².